The van der Waals surface area contributed by atoms with E-state index in [4.69, 9.17) is 0 Å². The van der Waals surface area contributed by atoms with Crippen molar-refractivity contribution in [3.63, 3.8) is 0 Å². The summed E-state index contributed by atoms with van der Waals surface area (Å²) in [6.07, 6.45) is 1.04. The van der Waals surface area contributed by atoms with Crippen LogP contribution >= 0.6 is 43.2 Å². The van der Waals surface area contributed by atoms with E-state index in [2.05, 4.69) is 44.8 Å². The van der Waals surface area contributed by atoms with E-state index in [1.165, 1.54) is 16.9 Å². The number of nitrogens with zero attached hydrogens (tertiary/aromatic N) is 1. The van der Waals surface area contributed by atoms with Gasteiger partial charge in [0.25, 0.3) is 5.91 Å². The van der Waals surface area contributed by atoms with Gasteiger partial charge in [-0.25, -0.2) is 0 Å². The van der Waals surface area contributed by atoms with E-state index in [9.17, 15) is 4.79 Å². The van der Waals surface area contributed by atoms with Crippen LogP contribution in [0.2, 0.25) is 0 Å². The number of benzene rings is 1. The van der Waals surface area contributed by atoms with Crippen LogP contribution in [0.1, 0.15) is 22.8 Å². The van der Waals surface area contributed by atoms with Gasteiger partial charge in [-0.15, -0.1) is 11.3 Å². The first-order valence-corrected chi connectivity index (χ1v) is 8.81. The van der Waals surface area contributed by atoms with Crippen molar-refractivity contribution in [1.82, 2.24) is 0 Å². The average molecular weight is 415 g/mol. The number of hydrogen-bond acceptors (Lipinski definition) is 2. The molecule has 0 fully saturated rings. The Morgan fingerprint density at radius 2 is 2.10 bits per heavy atom. The molecule has 0 N–H and O–H groups in total. The standard InChI is InChI=1S/C15H13Br2NOS/c1-9-6-10-4-2-3-5-12(10)18(8-9)15(19)11-7-13(16)20-14(11)17/h2-5,7,9H,6,8H2,1H3. The lowest BCUT2D eigenvalue weighted by molar-refractivity contribution is 0.0980. The SMILES string of the molecule is CC1Cc2ccccc2N(C(=O)c2cc(Br)sc2Br)C1. The van der Waals surface area contributed by atoms with Crippen LogP contribution in [0.15, 0.2) is 37.9 Å². The highest BCUT2D eigenvalue weighted by atomic mass is 79.9. The number of fused-ring (bicyclic) bond motifs is 1. The van der Waals surface area contributed by atoms with Gasteiger partial charge >= 0.3 is 0 Å². The zero-order valence-electron chi connectivity index (χ0n) is 10.9. The topological polar surface area (TPSA) is 20.3 Å². The molecule has 1 unspecified atom stereocenters. The van der Waals surface area contributed by atoms with Gasteiger partial charge in [0, 0.05) is 12.2 Å². The maximum absolute atomic E-state index is 12.8. The molecule has 1 aromatic heterocycles. The maximum Gasteiger partial charge on any atom is 0.260 e. The number of amides is 1. The monoisotopic (exact) mass is 413 g/mol. The van der Waals surface area contributed by atoms with Gasteiger partial charge in [-0.1, -0.05) is 25.1 Å². The summed E-state index contributed by atoms with van der Waals surface area (Å²) >= 11 is 8.45. The van der Waals surface area contributed by atoms with Crippen molar-refractivity contribution in [3.8, 4) is 0 Å². The Balaban J connectivity index is 2.02. The summed E-state index contributed by atoms with van der Waals surface area (Å²) in [5.41, 5.74) is 3.03. The zero-order valence-corrected chi connectivity index (χ0v) is 14.9. The number of hydrogen-bond donors (Lipinski definition) is 0. The highest BCUT2D eigenvalue weighted by Crippen LogP contribution is 2.36. The summed E-state index contributed by atoms with van der Waals surface area (Å²) in [5, 5.41) is 0. The summed E-state index contributed by atoms with van der Waals surface area (Å²) in [6, 6.07) is 10.1. The van der Waals surface area contributed by atoms with Gasteiger partial charge in [0.05, 0.1) is 13.1 Å². The molecule has 1 atom stereocenters. The Labute approximate surface area is 139 Å². The minimum Gasteiger partial charge on any atom is -0.308 e. The van der Waals surface area contributed by atoms with Crippen molar-refractivity contribution in [2.24, 2.45) is 5.92 Å². The van der Waals surface area contributed by atoms with Crippen LogP contribution < -0.4 is 4.90 Å². The molecule has 0 radical (unpaired) electrons. The number of carbonyl (C=O) groups excluding carboxylic acids is 1. The molecule has 104 valence electrons. The predicted octanol–water partition coefficient (Wildman–Crippen LogP) is 5.11. The van der Waals surface area contributed by atoms with Crippen molar-refractivity contribution in [1.29, 1.82) is 0 Å². The van der Waals surface area contributed by atoms with Crippen LogP contribution in [0, 0.1) is 5.92 Å². The van der Waals surface area contributed by atoms with Crippen molar-refractivity contribution in [2.45, 2.75) is 13.3 Å². The number of thiophene rings is 1. The molecule has 2 aromatic rings. The van der Waals surface area contributed by atoms with Gasteiger partial charge < -0.3 is 4.90 Å². The molecule has 0 saturated heterocycles. The number of anilines is 1. The van der Waals surface area contributed by atoms with E-state index in [1.807, 2.05) is 29.2 Å². The van der Waals surface area contributed by atoms with E-state index in [0.717, 1.165) is 31.8 Å². The van der Waals surface area contributed by atoms with E-state index < -0.39 is 0 Å². The minimum atomic E-state index is 0.0674. The fraction of sp³-hybridized carbons (Fsp3) is 0.267. The largest absolute Gasteiger partial charge is 0.308 e. The molecule has 5 heteroatoms. The summed E-state index contributed by atoms with van der Waals surface area (Å²) in [7, 11) is 0. The van der Waals surface area contributed by atoms with Gasteiger partial charge in [-0.05, 0) is 61.9 Å². The van der Waals surface area contributed by atoms with Gasteiger partial charge in [0.15, 0.2) is 0 Å². The molecular weight excluding hydrogens is 402 g/mol. The predicted molar refractivity (Wildman–Crippen MR) is 90.7 cm³/mol. The first kappa shape index (κ1) is 14.3. The number of halogens is 2. The van der Waals surface area contributed by atoms with Gasteiger partial charge in [0.1, 0.15) is 0 Å². The van der Waals surface area contributed by atoms with E-state index >= 15 is 0 Å². The number of carbonyl (C=O) groups is 1. The van der Waals surface area contributed by atoms with Crippen LogP contribution in [0.25, 0.3) is 0 Å². The van der Waals surface area contributed by atoms with Crippen LogP contribution in [0.3, 0.4) is 0 Å². The second-order valence-corrected chi connectivity index (χ2v) is 8.84. The molecular formula is C15H13Br2NOS. The lowest BCUT2D eigenvalue weighted by Gasteiger charge is -2.33. The normalized spacial score (nSPS) is 17.9. The van der Waals surface area contributed by atoms with E-state index in [0.29, 0.717) is 5.92 Å². The molecule has 2 heterocycles. The molecule has 3 rings (SSSR count). The molecule has 1 amide bonds. The maximum atomic E-state index is 12.8. The lowest BCUT2D eigenvalue weighted by atomic mass is 9.93. The van der Waals surface area contributed by atoms with Gasteiger partial charge in [0.2, 0.25) is 0 Å². The summed E-state index contributed by atoms with van der Waals surface area (Å²) in [6.45, 7) is 2.96. The smallest absolute Gasteiger partial charge is 0.260 e. The third-order valence-electron chi connectivity index (χ3n) is 3.48. The molecule has 1 aliphatic heterocycles. The average Bonchev–Trinajstić information content (AvgIpc) is 2.76. The van der Waals surface area contributed by atoms with Crippen molar-refractivity contribution in [3.05, 3.63) is 49.0 Å². The Kier molecular flexibility index (Phi) is 4.02. The Hall–Kier alpha value is -0.650. The second kappa shape index (κ2) is 5.62. The van der Waals surface area contributed by atoms with Crippen LogP contribution in [0.4, 0.5) is 5.69 Å². The summed E-state index contributed by atoms with van der Waals surface area (Å²) in [4.78, 5) is 14.7. The highest BCUT2D eigenvalue weighted by Gasteiger charge is 2.28. The van der Waals surface area contributed by atoms with Crippen LogP contribution in [-0.4, -0.2) is 12.5 Å². The molecule has 1 aliphatic rings. The minimum absolute atomic E-state index is 0.0674. The fourth-order valence-electron chi connectivity index (χ4n) is 2.62. The van der Waals surface area contributed by atoms with Crippen LogP contribution in [-0.2, 0) is 6.42 Å². The number of rotatable bonds is 1. The molecule has 0 saturated carbocycles. The Bertz CT molecular complexity index is 668. The third kappa shape index (κ3) is 2.59. The van der Waals surface area contributed by atoms with Gasteiger partial charge in [-0.3, -0.25) is 4.79 Å². The molecule has 0 bridgehead atoms. The van der Waals surface area contributed by atoms with E-state index in [1.54, 1.807) is 0 Å². The number of para-hydroxylation sites is 1. The first-order valence-electron chi connectivity index (χ1n) is 6.41. The Morgan fingerprint density at radius 1 is 1.35 bits per heavy atom. The third-order valence-corrected chi connectivity index (χ3v) is 5.82. The summed E-state index contributed by atoms with van der Waals surface area (Å²) in [5.74, 6) is 0.549. The molecule has 2 nitrogen and oxygen atoms in total. The first-order chi connectivity index (χ1) is 9.56. The van der Waals surface area contributed by atoms with Crippen molar-refractivity contribution >= 4 is 54.8 Å². The molecule has 0 aliphatic carbocycles. The highest BCUT2D eigenvalue weighted by molar-refractivity contribution is 9.12. The fourth-order valence-corrected chi connectivity index (χ4v) is 5.40. The summed E-state index contributed by atoms with van der Waals surface area (Å²) < 4.78 is 1.84. The van der Waals surface area contributed by atoms with E-state index in [-0.39, 0.29) is 5.91 Å². The second-order valence-electron chi connectivity index (χ2n) is 5.09. The molecule has 0 spiro atoms. The Morgan fingerprint density at radius 3 is 2.80 bits per heavy atom. The van der Waals surface area contributed by atoms with Crippen molar-refractivity contribution in [2.75, 3.05) is 11.4 Å². The zero-order chi connectivity index (χ0) is 14.3. The lowest BCUT2D eigenvalue weighted by Crippen LogP contribution is -2.39. The molecule has 20 heavy (non-hydrogen) atoms. The van der Waals surface area contributed by atoms with Crippen LogP contribution in [0.5, 0.6) is 0 Å². The van der Waals surface area contributed by atoms with Gasteiger partial charge in [-0.2, -0.15) is 0 Å². The quantitative estimate of drug-likeness (QED) is 0.634. The van der Waals surface area contributed by atoms with Crippen molar-refractivity contribution < 1.29 is 4.79 Å². The molecule has 1 aromatic carbocycles.